The van der Waals surface area contributed by atoms with Crippen molar-refractivity contribution in [3.63, 3.8) is 0 Å². The van der Waals surface area contributed by atoms with Crippen molar-refractivity contribution >= 4 is 17.4 Å². The van der Waals surface area contributed by atoms with Crippen LogP contribution >= 0.6 is 0 Å². The number of para-hydroxylation sites is 1. The maximum Gasteiger partial charge on any atom is 0.270 e. The van der Waals surface area contributed by atoms with Gasteiger partial charge < -0.3 is 10.6 Å². The first-order valence-corrected chi connectivity index (χ1v) is 8.48. The summed E-state index contributed by atoms with van der Waals surface area (Å²) >= 11 is 0. The van der Waals surface area contributed by atoms with Crippen LogP contribution < -0.4 is 10.6 Å². The Hall–Kier alpha value is -3.28. The van der Waals surface area contributed by atoms with E-state index in [1.165, 1.54) is 11.9 Å². The molecule has 2 N–H and O–H groups in total. The van der Waals surface area contributed by atoms with Crippen LogP contribution in [-0.2, 0) is 6.54 Å². The van der Waals surface area contributed by atoms with Crippen LogP contribution in [0.2, 0.25) is 0 Å². The van der Waals surface area contributed by atoms with Crippen LogP contribution in [0.3, 0.4) is 0 Å². The number of nitrogens with one attached hydrogen (secondary N) is 2. The van der Waals surface area contributed by atoms with Crippen molar-refractivity contribution in [2.75, 3.05) is 5.32 Å². The van der Waals surface area contributed by atoms with E-state index in [9.17, 15) is 4.79 Å². The highest BCUT2D eigenvalue weighted by atomic mass is 16.1. The third kappa shape index (κ3) is 4.42. The molecular weight excluding hydrogens is 326 g/mol. The number of carbonyl (C=O) groups excluding carboxylic acids is 1. The molecule has 0 bridgehead atoms. The number of rotatable bonds is 6. The van der Waals surface area contributed by atoms with Crippen molar-refractivity contribution in [3.8, 4) is 0 Å². The highest BCUT2D eigenvalue weighted by Crippen LogP contribution is 2.26. The van der Waals surface area contributed by atoms with Gasteiger partial charge in [0.05, 0.1) is 0 Å². The monoisotopic (exact) mass is 347 g/mol. The van der Waals surface area contributed by atoms with E-state index in [1.807, 2.05) is 30.3 Å². The largest absolute Gasteiger partial charge is 0.347 e. The van der Waals surface area contributed by atoms with E-state index in [1.54, 1.807) is 18.5 Å². The van der Waals surface area contributed by atoms with E-state index in [4.69, 9.17) is 0 Å². The lowest BCUT2D eigenvalue weighted by Gasteiger charge is -2.14. The zero-order chi connectivity index (χ0) is 18.4. The van der Waals surface area contributed by atoms with E-state index < -0.39 is 0 Å². The molecular formula is C20H21N5O. The second-order valence-electron chi connectivity index (χ2n) is 6.20. The minimum Gasteiger partial charge on any atom is -0.347 e. The Labute approximate surface area is 152 Å². The summed E-state index contributed by atoms with van der Waals surface area (Å²) in [5.74, 6) is 0.707. The van der Waals surface area contributed by atoms with Crippen LogP contribution in [0.15, 0.2) is 61.2 Å². The summed E-state index contributed by atoms with van der Waals surface area (Å²) in [4.78, 5) is 24.7. The van der Waals surface area contributed by atoms with Gasteiger partial charge in [-0.2, -0.15) is 0 Å². The fourth-order valence-corrected chi connectivity index (χ4v) is 2.58. The number of hydrogen-bond donors (Lipinski definition) is 2. The van der Waals surface area contributed by atoms with Crippen molar-refractivity contribution in [2.45, 2.75) is 26.3 Å². The molecule has 0 saturated carbocycles. The van der Waals surface area contributed by atoms with Gasteiger partial charge in [0.1, 0.15) is 17.8 Å². The van der Waals surface area contributed by atoms with Crippen LogP contribution in [0, 0.1) is 0 Å². The fraction of sp³-hybridized carbons (Fsp3) is 0.200. The van der Waals surface area contributed by atoms with Crippen LogP contribution in [0.25, 0.3) is 0 Å². The Morgan fingerprint density at radius 2 is 1.96 bits per heavy atom. The minimum absolute atomic E-state index is 0.253. The number of anilines is 2. The summed E-state index contributed by atoms with van der Waals surface area (Å²) < 4.78 is 0. The van der Waals surface area contributed by atoms with Crippen LogP contribution in [-0.4, -0.2) is 20.9 Å². The van der Waals surface area contributed by atoms with Crippen LogP contribution in [0.4, 0.5) is 11.5 Å². The molecule has 0 fully saturated rings. The quantitative estimate of drug-likeness (QED) is 0.711. The van der Waals surface area contributed by atoms with Gasteiger partial charge in [-0.05, 0) is 29.2 Å². The fourth-order valence-electron chi connectivity index (χ4n) is 2.58. The first-order valence-electron chi connectivity index (χ1n) is 8.48. The number of aromatic nitrogens is 3. The van der Waals surface area contributed by atoms with Gasteiger partial charge >= 0.3 is 0 Å². The third-order valence-electron chi connectivity index (χ3n) is 3.92. The maximum atomic E-state index is 12.3. The van der Waals surface area contributed by atoms with Crippen molar-refractivity contribution in [1.29, 1.82) is 0 Å². The number of nitrogens with zero attached hydrogens (tertiary/aromatic N) is 3. The molecule has 2 heterocycles. The SMILES string of the molecule is CC(C)c1ccccc1Nc1cc(C(=O)NCc2cccnc2)ncn1. The van der Waals surface area contributed by atoms with E-state index >= 15 is 0 Å². The summed E-state index contributed by atoms with van der Waals surface area (Å²) in [7, 11) is 0. The average molecular weight is 347 g/mol. The first kappa shape index (κ1) is 17.5. The summed E-state index contributed by atoms with van der Waals surface area (Å²) in [6, 6.07) is 13.4. The lowest BCUT2D eigenvalue weighted by Crippen LogP contribution is -2.24. The molecule has 6 nitrogen and oxygen atoms in total. The lowest BCUT2D eigenvalue weighted by molar-refractivity contribution is 0.0945. The molecule has 3 rings (SSSR count). The van der Waals surface area contributed by atoms with Crippen molar-refractivity contribution in [2.24, 2.45) is 0 Å². The summed E-state index contributed by atoms with van der Waals surface area (Å²) in [6.07, 6.45) is 4.80. The molecule has 2 aromatic heterocycles. The van der Waals surface area contributed by atoms with Crippen molar-refractivity contribution in [1.82, 2.24) is 20.3 Å². The van der Waals surface area contributed by atoms with E-state index in [0.717, 1.165) is 11.3 Å². The zero-order valence-corrected chi connectivity index (χ0v) is 14.8. The topological polar surface area (TPSA) is 79.8 Å². The molecule has 0 unspecified atom stereocenters. The summed E-state index contributed by atoms with van der Waals surface area (Å²) in [6.45, 7) is 4.67. The Bertz CT molecular complexity index is 880. The van der Waals surface area contributed by atoms with Gasteiger partial charge in [-0.3, -0.25) is 9.78 Å². The Balaban J connectivity index is 1.71. The van der Waals surface area contributed by atoms with Gasteiger partial charge in [0.25, 0.3) is 5.91 Å². The molecule has 0 aliphatic carbocycles. The van der Waals surface area contributed by atoms with E-state index in [-0.39, 0.29) is 5.91 Å². The van der Waals surface area contributed by atoms with Gasteiger partial charge in [0.15, 0.2) is 0 Å². The molecule has 0 radical (unpaired) electrons. The highest BCUT2D eigenvalue weighted by molar-refractivity contribution is 5.92. The molecule has 0 aliphatic rings. The number of amides is 1. The molecule has 0 atom stereocenters. The lowest BCUT2D eigenvalue weighted by atomic mass is 10.0. The van der Waals surface area contributed by atoms with E-state index in [2.05, 4.69) is 45.5 Å². The predicted molar refractivity (Wildman–Crippen MR) is 101 cm³/mol. The number of benzene rings is 1. The average Bonchev–Trinajstić information content (AvgIpc) is 2.67. The Kier molecular flexibility index (Phi) is 5.53. The van der Waals surface area contributed by atoms with Gasteiger partial charge in [-0.1, -0.05) is 38.1 Å². The van der Waals surface area contributed by atoms with Crippen LogP contribution in [0.1, 0.15) is 41.4 Å². The number of hydrogen-bond acceptors (Lipinski definition) is 5. The van der Waals surface area contributed by atoms with Crippen LogP contribution in [0.5, 0.6) is 0 Å². The molecule has 0 saturated heterocycles. The Morgan fingerprint density at radius 1 is 1.12 bits per heavy atom. The third-order valence-corrected chi connectivity index (χ3v) is 3.92. The number of pyridine rings is 1. The molecule has 132 valence electrons. The smallest absolute Gasteiger partial charge is 0.270 e. The van der Waals surface area contributed by atoms with Gasteiger partial charge in [0, 0.05) is 30.7 Å². The number of carbonyl (C=O) groups is 1. The second-order valence-corrected chi connectivity index (χ2v) is 6.20. The molecule has 3 aromatic rings. The van der Waals surface area contributed by atoms with Crippen molar-refractivity contribution < 1.29 is 4.79 Å². The molecule has 0 spiro atoms. The summed E-state index contributed by atoms with van der Waals surface area (Å²) in [5, 5.41) is 6.12. The zero-order valence-electron chi connectivity index (χ0n) is 14.8. The molecule has 6 heteroatoms. The second kappa shape index (κ2) is 8.20. The molecule has 1 amide bonds. The minimum atomic E-state index is -0.253. The highest BCUT2D eigenvalue weighted by Gasteiger charge is 2.11. The summed E-state index contributed by atoms with van der Waals surface area (Å²) in [5.41, 5.74) is 3.41. The van der Waals surface area contributed by atoms with Crippen molar-refractivity contribution in [3.05, 3.63) is 78.0 Å². The Morgan fingerprint density at radius 3 is 2.73 bits per heavy atom. The van der Waals surface area contributed by atoms with E-state index in [0.29, 0.717) is 24.0 Å². The predicted octanol–water partition coefficient (Wildman–Crippen LogP) is 3.67. The standard InChI is InChI=1S/C20H21N5O/c1-14(2)16-7-3-4-8-17(16)25-19-10-18(23-13-24-19)20(26)22-12-15-6-5-9-21-11-15/h3-11,13-14H,12H2,1-2H3,(H,22,26)(H,23,24,25). The molecule has 26 heavy (non-hydrogen) atoms. The molecule has 1 aromatic carbocycles. The van der Waals surface area contributed by atoms with Gasteiger partial charge in [-0.25, -0.2) is 9.97 Å². The normalized spacial score (nSPS) is 10.6. The molecule has 0 aliphatic heterocycles. The van der Waals surface area contributed by atoms with Gasteiger partial charge in [-0.15, -0.1) is 0 Å². The first-order chi connectivity index (χ1) is 12.6. The maximum absolute atomic E-state index is 12.3. The van der Waals surface area contributed by atoms with Gasteiger partial charge in [0.2, 0.25) is 0 Å².